The first-order valence-corrected chi connectivity index (χ1v) is 12.4. The van der Waals surface area contributed by atoms with Crippen molar-refractivity contribution in [3.05, 3.63) is 48.6 Å². The second-order valence-corrected chi connectivity index (χ2v) is 9.97. The Labute approximate surface area is 200 Å². The molecule has 182 valence electrons. The number of aliphatic hydroxyl groups is 1. The molecule has 2 bridgehead atoms. The summed E-state index contributed by atoms with van der Waals surface area (Å²) in [6.07, 6.45) is 17.6. The molecule has 0 aromatic rings. The molecule has 2 fully saturated rings. The number of hydrogen-bond acceptors (Lipinski definition) is 5. The van der Waals surface area contributed by atoms with Gasteiger partial charge in [-0.1, -0.05) is 49.5 Å². The van der Waals surface area contributed by atoms with Gasteiger partial charge in [0.15, 0.2) is 17.5 Å². The molecule has 1 saturated heterocycles. The molecule has 0 aromatic carbocycles. The molecule has 34 heavy (non-hydrogen) atoms. The zero-order chi connectivity index (χ0) is 24.2. The van der Waals surface area contributed by atoms with Crippen molar-refractivity contribution in [3.8, 4) is 0 Å². The Kier molecular flexibility index (Phi) is 7.61. The van der Waals surface area contributed by atoms with E-state index in [9.17, 15) is 24.3 Å². The van der Waals surface area contributed by atoms with E-state index in [0.717, 1.165) is 12.8 Å². The van der Waals surface area contributed by atoms with Crippen LogP contribution in [0.25, 0.3) is 0 Å². The predicted octanol–water partition coefficient (Wildman–Crippen LogP) is 2.03. The van der Waals surface area contributed by atoms with Gasteiger partial charge in [-0.2, -0.15) is 0 Å². The Morgan fingerprint density at radius 2 is 1.82 bits per heavy atom. The van der Waals surface area contributed by atoms with E-state index < -0.39 is 35.5 Å². The van der Waals surface area contributed by atoms with Crippen molar-refractivity contribution in [1.82, 2.24) is 10.6 Å². The number of fused-ring (bicyclic) bond motifs is 5. The fourth-order valence-electron chi connectivity index (χ4n) is 5.97. The molecule has 7 nitrogen and oxygen atoms in total. The Balaban J connectivity index is 1.50. The van der Waals surface area contributed by atoms with E-state index in [1.807, 2.05) is 12.2 Å². The Bertz CT molecular complexity index is 949. The van der Waals surface area contributed by atoms with Gasteiger partial charge in [0.05, 0.1) is 6.10 Å². The zero-order valence-electron chi connectivity index (χ0n) is 19.6. The van der Waals surface area contributed by atoms with E-state index in [1.54, 1.807) is 6.08 Å². The van der Waals surface area contributed by atoms with Crippen LogP contribution < -0.4 is 10.6 Å². The number of hydrogen-bond donors (Lipinski definition) is 3. The maximum Gasteiger partial charge on any atom is 0.243 e. The number of Topliss-reactive ketones (excluding diaryl/α,β-unsaturated/α-hetero) is 2. The lowest BCUT2D eigenvalue weighted by Crippen LogP contribution is -2.42. The van der Waals surface area contributed by atoms with Crippen molar-refractivity contribution in [3.63, 3.8) is 0 Å². The molecule has 7 heteroatoms. The van der Waals surface area contributed by atoms with E-state index in [4.69, 9.17) is 0 Å². The van der Waals surface area contributed by atoms with Gasteiger partial charge >= 0.3 is 0 Å². The van der Waals surface area contributed by atoms with E-state index in [0.29, 0.717) is 36.0 Å². The van der Waals surface area contributed by atoms with Crippen molar-refractivity contribution in [1.29, 1.82) is 0 Å². The topological polar surface area (TPSA) is 113 Å². The summed E-state index contributed by atoms with van der Waals surface area (Å²) in [6.45, 7) is 2.41. The zero-order valence-corrected chi connectivity index (χ0v) is 19.6. The molecular formula is C27H34N2O5. The average Bonchev–Trinajstić information content (AvgIpc) is 3.43. The van der Waals surface area contributed by atoms with Crippen LogP contribution >= 0.6 is 0 Å². The van der Waals surface area contributed by atoms with Crippen molar-refractivity contribution in [2.24, 2.45) is 35.5 Å². The molecule has 0 radical (unpaired) electrons. The fourth-order valence-corrected chi connectivity index (χ4v) is 5.97. The minimum Gasteiger partial charge on any atom is -0.390 e. The normalized spacial score (nSPS) is 41.8. The summed E-state index contributed by atoms with van der Waals surface area (Å²) in [5.74, 6) is -0.703. The molecule has 1 unspecified atom stereocenters. The molecule has 2 aliphatic carbocycles. The van der Waals surface area contributed by atoms with Gasteiger partial charge in [-0.05, 0) is 55.3 Å². The number of carbonyl (C=O) groups is 4. The number of aliphatic hydroxyl groups excluding tert-OH is 1. The molecule has 2 heterocycles. The van der Waals surface area contributed by atoms with Crippen LogP contribution in [0.2, 0.25) is 0 Å². The molecule has 0 spiro atoms. The van der Waals surface area contributed by atoms with Crippen LogP contribution in [0.4, 0.5) is 0 Å². The molecule has 4 aliphatic rings. The SMILES string of the molecule is C[C@H]1C=C[C@@H]2[C@H]3C/C=C\C=C/C(=O)NCC[C@H](O)[C@@H]4NC(=O)C(C(=O)CC/C=C\[C@@H]3C[C@@H]21)C4=O. The van der Waals surface area contributed by atoms with E-state index in [-0.39, 0.29) is 25.3 Å². The first-order valence-electron chi connectivity index (χ1n) is 12.4. The van der Waals surface area contributed by atoms with Crippen LogP contribution in [0.1, 0.15) is 39.0 Å². The van der Waals surface area contributed by atoms with Gasteiger partial charge in [-0.3, -0.25) is 19.2 Å². The van der Waals surface area contributed by atoms with E-state index >= 15 is 0 Å². The summed E-state index contributed by atoms with van der Waals surface area (Å²) in [5, 5.41) is 15.5. The number of nitrogens with one attached hydrogen (secondary N) is 2. The van der Waals surface area contributed by atoms with Gasteiger partial charge in [0, 0.05) is 19.0 Å². The quantitative estimate of drug-likeness (QED) is 0.374. The second-order valence-electron chi connectivity index (χ2n) is 9.97. The van der Waals surface area contributed by atoms with Crippen LogP contribution in [-0.2, 0) is 19.2 Å². The molecular weight excluding hydrogens is 432 g/mol. The minimum absolute atomic E-state index is 0.0906. The van der Waals surface area contributed by atoms with E-state index in [1.165, 1.54) is 6.08 Å². The summed E-state index contributed by atoms with van der Waals surface area (Å²) in [5.41, 5.74) is 0. The number of amides is 2. The standard InChI is InChI=1S/C27H34N2O5/c1-16-11-12-19-18-8-3-2-4-10-23(32)28-14-13-22(31)25-26(33)24(27(34)29-25)21(30)9-6-5-7-17(18)15-20(16)19/h2-5,7,10-12,16-20,22,24-25,31H,6,8-9,13-15H2,1H3,(H,28,32)(H,29,34)/b3-2-,7-5-,10-4-/t16-,17+,18-,19+,20+,22-,24?,25-/m0/s1. The number of ketones is 2. The lowest BCUT2D eigenvalue weighted by Gasteiger charge is -2.20. The summed E-state index contributed by atoms with van der Waals surface area (Å²) in [4.78, 5) is 49.7. The Morgan fingerprint density at radius 1 is 1.00 bits per heavy atom. The first kappa shape index (κ1) is 24.3. The van der Waals surface area contributed by atoms with Gasteiger partial charge in [0.25, 0.3) is 0 Å². The highest BCUT2D eigenvalue weighted by molar-refractivity contribution is 6.24. The summed E-state index contributed by atoms with van der Waals surface area (Å²) in [6, 6.07) is -1.12. The molecule has 3 N–H and O–H groups in total. The second kappa shape index (κ2) is 10.6. The smallest absolute Gasteiger partial charge is 0.243 e. The van der Waals surface area contributed by atoms with Gasteiger partial charge < -0.3 is 15.7 Å². The Hall–Kier alpha value is -2.80. The largest absolute Gasteiger partial charge is 0.390 e. The number of allylic oxidation sites excluding steroid dienone is 7. The molecule has 1 saturated carbocycles. The van der Waals surface area contributed by atoms with Gasteiger partial charge in [-0.25, -0.2) is 0 Å². The summed E-state index contributed by atoms with van der Waals surface area (Å²) < 4.78 is 0. The molecule has 0 aromatic heterocycles. The highest BCUT2D eigenvalue weighted by Crippen LogP contribution is 2.51. The molecule has 8 atom stereocenters. The molecule has 4 rings (SSSR count). The van der Waals surface area contributed by atoms with Crippen LogP contribution in [0.5, 0.6) is 0 Å². The van der Waals surface area contributed by atoms with Crippen LogP contribution in [0, 0.1) is 35.5 Å². The van der Waals surface area contributed by atoms with Gasteiger partial charge in [0.1, 0.15) is 6.04 Å². The highest BCUT2D eigenvalue weighted by atomic mass is 16.3. The van der Waals surface area contributed by atoms with Gasteiger partial charge in [0.2, 0.25) is 11.8 Å². The maximum absolute atomic E-state index is 12.7. The van der Waals surface area contributed by atoms with E-state index in [2.05, 4.69) is 41.9 Å². The Morgan fingerprint density at radius 3 is 2.65 bits per heavy atom. The maximum atomic E-state index is 12.7. The third kappa shape index (κ3) is 5.14. The predicted molar refractivity (Wildman–Crippen MR) is 127 cm³/mol. The van der Waals surface area contributed by atoms with Crippen molar-refractivity contribution in [2.75, 3.05) is 6.54 Å². The lowest BCUT2D eigenvalue weighted by molar-refractivity contribution is -0.136. The van der Waals surface area contributed by atoms with Crippen molar-refractivity contribution < 1.29 is 24.3 Å². The van der Waals surface area contributed by atoms with Crippen LogP contribution in [0.3, 0.4) is 0 Å². The lowest BCUT2D eigenvalue weighted by atomic mass is 9.85. The van der Waals surface area contributed by atoms with Crippen molar-refractivity contribution >= 4 is 23.4 Å². The summed E-state index contributed by atoms with van der Waals surface area (Å²) in [7, 11) is 0. The third-order valence-electron chi connectivity index (χ3n) is 7.84. The molecule has 2 amide bonds. The highest BCUT2D eigenvalue weighted by Gasteiger charge is 2.47. The molecule has 2 aliphatic heterocycles. The number of carbonyl (C=O) groups excluding carboxylic acids is 4. The third-order valence-corrected chi connectivity index (χ3v) is 7.84. The van der Waals surface area contributed by atoms with Crippen LogP contribution in [0.15, 0.2) is 48.6 Å². The average molecular weight is 467 g/mol. The van der Waals surface area contributed by atoms with Crippen LogP contribution in [-0.4, -0.2) is 47.2 Å². The minimum atomic E-state index is -1.36. The number of rotatable bonds is 0. The monoisotopic (exact) mass is 466 g/mol. The van der Waals surface area contributed by atoms with Crippen molar-refractivity contribution in [2.45, 2.75) is 51.2 Å². The first-order chi connectivity index (χ1) is 16.4. The summed E-state index contributed by atoms with van der Waals surface area (Å²) >= 11 is 0. The fraction of sp³-hybridized carbons (Fsp3) is 0.556. The van der Waals surface area contributed by atoms with Gasteiger partial charge in [-0.15, -0.1) is 0 Å².